The first-order valence-corrected chi connectivity index (χ1v) is 9.28. The van der Waals surface area contributed by atoms with Crippen molar-refractivity contribution in [1.82, 2.24) is 9.55 Å². The van der Waals surface area contributed by atoms with E-state index < -0.39 is 5.97 Å². The predicted molar refractivity (Wildman–Crippen MR) is 109 cm³/mol. The SMILES string of the molecule is COc1ccc(Cc2nc3cc(C(C)=O)ccc3n2C(C)CC(=O)O)cc1OC. The van der Waals surface area contributed by atoms with Gasteiger partial charge in [0.05, 0.1) is 31.7 Å². The summed E-state index contributed by atoms with van der Waals surface area (Å²) < 4.78 is 12.6. The quantitative estimate of drug-likeness (QED) is 0.581. The van der Waals surface area contributed by atoms with Gasteiger partial charge in [-0.25, -0.2) is 4.98 Å². The van der Waals surface area contributed by atoms with Crippen LogP contribution in [-0.2, 0) is 11.2 Å². The van der Waals surface area contributed by atoms with Crippen LogP contribution in [0.1, 0.15) is 48.1 Å². The highest BCUT2D eigenvalue weighted by Crippen LogP contribution is 2.30. The molecule has 1 unspecified atom stereocenters. The molecule has 0 amide bonds. The fourth-order valence-corrected chi connectivity index (χ4v) is 3.50. The van der Waals surface area contributed by atoms with E-state index in [1.807, 2.05) is 35.8 Å². The number of hydrogen-bond donors (Lipinski definition) is 1. The third kappa shape index (κ3) is 4.23. The summed E-state index contributed by atoms with van der Waals surface area (Å²) in [7, 11) is 3.16. The number of carbonyl (C=O) groups excluding carboxylic acids is 1. The first kappa shape index (κ1) is 20.4. The average molecular weight is 396 g/mol. The Hall–Kier alpha value is -3.35. The molecule has 2 aromatic carbocycles. The zero-order valence-electron chi connectivity index (χ0n) is 16.9. The molecule has 0 fully saturated rings. The molecule has 3 aromatic rings. The second-order valence-corrected chi connectivity index (χ2v) is 6.97. The Labute approximate surface area is 168 Å². The van der Waals surface area contributed by atoms with E-state index >= 15 is 0 Å². The van der Waals surface area contributed by atoms with Crippen molar-refractivity contribution in [3.05, 3.63) is 53.3 Å². The summed E-state index contributed by atoms with van der Waals surface area (Å²) in [5, 5.41) is 9.27. The van der Waals surface area contributed by atoms with E-state index in [1.54, 1.807) is 26.4 Å². The van der Waals surface area contributed by atoms with Gasteiger partial charge in [0.15, 0.2) is 17.3 Å². The van der Waals surface area contributed by atoms with Gasteiger partial charge in [-0.1, -0.05) is 6.07 Å². The molecular weight excluding hydrogens is 372 g/mol. The Balaban J connectivity index is 2.09. The van der Waals surface area contributed by atoms with Gasteiger partial charge in [0, 0.05) is 18.0 Å². The lowest BCUT2D eigenvalue weighted by atomic mass is 10.1. The molecule has 0 saturated carbocycles. The second kappa shape index (κ2) is 8.34. The number of fused-ring (bicyclic) bond motifs is 1. The van der Waals surface area contributed by atoms with Gasteiger partial charge in [-0.15, -0.1) is 0 Å². The predicted octanol–water partition coefficient (Wildman–Crippen LogP) is 3.88. The minimum Gasteiger partial charge on any atom is -0.493 e. The highest BCUT2D eigenvalue weighted by Gasteiger charge is 2.19. The number of hydrogen-bond acceptors (Lipinski definition) is 5. The smallest absolute Gasteiger partial charge is 0.305 e. The number of ether oxygens (including phenoxy) is 2. The average Bonchev–Trinajstić information content (AvgIpc) is 3.04. The van der Waals surface area contributed by atoms with Crippen LogP contribution >= 0.6 is 0 Å². The molecule has 1 atom stereocenters. The molecular formula is C22H24N2O5. The number of aliphatic carboxylic acids is 1. The molecule has 29 heavy (non-hydrogen) atoms. The third-order valence-corrected chi connectivity index (χ3v) is 4.89. The molecule has 7 heteroatoms. The lowest BCUT2D eigenvalue weighted by Gasteiger charge is -2.16. The summed E-state index contributed by atoms with van der Waals surface area (Å²) in [6.45, 7) is 3.36. The van der Waals surface area contributed by atoms with Crippen molar-refractivity contribution in [3.63, 3.8) is 0 Å². The highest BCUT2D eigenvalue weighted by molar-refractivity contribution is 5.97. The highest BCUT2D eigenvalue weighted by atomic mass is 16.5. The number of carbonyl (C=O) groups is 2. The molecule has 0 aliphatic rings. The first-order chi connectivity index (χ1) is 13.8. The maximum Gasteiger partial charge on any atom is 0.305 e. The van der Waals surface area contributed by atoms with Crippen molar-refractivity contribution in [2.24, 2.45) is 0 Å². The summed E-state index contributed by atoms with van der Waals surface area (Å²) in [5.74, 6) is 1.06. The van der Waals surface area contributed by atoms with Crippen LogP contribution in [0, 0.1) is 0 Å². The number of imidazole rings is 1. The topological polar surface area (TPSA) is 90.7 Å². The fraction of sp³-hybridized carbons (Fsp3) is 0.318. The molecule has 7 nitrogen and oxygen atoms in total. The van der Waals surface area contributed by atoms with Gasteiger partial charge >= 0.3 is 5.97 Å². The molecule has 3 rings (SSSR count). The van der Waals surface area contributed by atoms with Crippen LogP contribution in [0.3, 0.4) is 0 Å². The number of carboxylic acids is 1. The third-order valence-electron chi connectivity index (χ3n) is 4.89. The van der Waals surface area contributed by atoms with Crippen molar-refractivity contribution >= 4 is 22.8 Å². The van der Waals surface area contributed by atoms with Crippen LogP contribution in [0.5, 0.6) is 11.5 Å². The fourth-order valence-electron chi connectivity index (χ4n) is 3.50. The standard InChI is InChI=1S/C22H24N2O5/c1-13(9-22(26)27)24-18-7-6-16(14(2)25)12-17(18)23-21(24)11-15-5-8-19(28-3)20(10-15)29-4/h5-8,10,12-13H,9,11H2,1-4H3,(H,26,27). The Kier molecular flexibility index (Phi) is 5.87. The molecule has 0 spiro atoms. The van der Waals surface area contributed by atoms with Gasteiger partial charge in [-0.3, -0.25) is 9.59 Å². The number of aromatic nitrogens is 2. The lowest BCUT2D eigenvalue weighted by Crippen LogP contribution is -2.14. The van der Waals surface area contributed by atoms with Crippen LogP contribution in [0.25, 0.3) is 11.0 Å². The molecule has 1 heterocycles. The van der Waals surface area contributed by atoms with Gasteiger partial charge in [-0.05, 0) is 49.7 Å². The molecule has 1 N–H and O–H groups in total. The van der Waals surface area contributed by atoms with Crippen molar-refractivity contribution in [1.29, 1.82) is 0 Å². The molecule has 0 bridgehead atoms. The van der Waals surface area contributed by atoms with E-state index in [0.717, 1.165) is 16.9 Å². The summed E-state index contributed by atoms with van der Waals surface area (Å²) in [5.41, 5.74) is 3.00. The number of rotatable bonds is 8. The summed E-state index contributed by atoms with van der Waals surface area (Å²) in [6.07, 6.45) is 0.452. The van der Waals surface area contributed by atoms with E-state index in [1.165, 1.54) is 6.92 Å². The number of benzene rings is 2. The van der Waals surface area contributed by atoms with Crippen molar-refractivity contribution in [2.45, 2.75) is 32.7 Å². The van der Waals surface area contributed by atoms with E-state index in [9.17, 15) is 14.7 Å². The van der Waals surface area contributed by atoms with Crippen molar-refractivity contribution in [3.8, 4) is 11.5 Å². The number of ketones is 1. The van der Waals surface area contributed by atoms with Crippen molar-refractivity contribution in [2.75, 3.05) is 14.2 Å². The van der Waals surface area contributed by atoms with Gasteiger partial charge in [0.2, 0.25) is 0 Å². The number of Topliss-reactive ketones (excluding diaryl/α,β-unsaturated/α-hetero) is 1. The maximum absolute atomic E-state index is 11.7. The van der Waals surface area contributed by atoms with Gasteiger partial charge in [0.1, 0.15) is 5.82 Å². The van der Waals surface area contributed by atoms with Crippen LogP contribution in [-0.4, -0.2) is 40.6 Å². The molecule has 0 saturated heterocycles. The Bertz CT molecular complexity index is 1070. The Morgan fingerprint density at radius 2 is 1.83 bits per heavy atom. The number of nitrogens with zero attached hydrogens (tertiary/aromatic N) is 2. The van der Waals surface area contributed by atoms with E-state index in [4.69, 9.17) is 14.5 Å². The monoisotopic (exact) mass is 396 g/mol. The molecule has 0 aliphatic heterocycles. The van der Waals surface area contributed by atoms with Crippen LogP contribution in [0.15, 0.2) is 36.4 Å². The Morgan fingerprint density at radius 3 is 2.45 bits per heavy atom. The second-order valence-electron chi connectivity index (χ2n) is 6.97. The van der Waals surface area contributed by atoms with E-state index in [-0.39, 0.29) is 18.2 Å². The minimum absolute atomic E-state index is 0.0289. The largest absolute Gasteiger partial charge is 0.493 e. The van der Waals surface area contributed by atoms with Crippen molar-refractivity contribution < 1.29 is 24.2 Å². The molecule has 0 aliphatic carbocycles. The van der Waals surface area contributed by atoms with E-state index in [0.29, 0.717) is 29.0 Å². The zero-order valence-corrected chi connectivity index (χ0v) is 16.9. The van der Waals surface area contributed by atoms with E-state index in [2.05, 4.69) is 0 Å². The van der Waals surface area contributed by atoms with Gasteiger partial charge in [-0.2, -0.15) is 0 Å². The minimum atomic E-state index is -0.878. The number of methoxy groups -OCH3 is 2. The zero-order chi connectivity index (χ0) is 21.1. The first-order valence-electron chi connectivity index (χ1n) is 9.28. The van der Waals surface area contributed by atoms with Gasteiger partial charge in [0.25, 0.3) is 0 Å². The number of carboxylic acid groups (broad SMARTS) is 1. The van der Waals surface area contributed by atoms with Crippen LogP contribution in [0.4, 0.5) is 0 Å². The maximum atomic E-state index is 11.7. The Morgan fingerprint density at radius 1 is 1.10 bits per heavy atom. The van der Waals surface area contributed by atoms with Gasteiger partial charge < -0.3 is 19.1 Å². The van der Waals surface area contributed by atoms with Crippen LogP contribution in [0.2, 0.25) is 0 Å². The molecule has 152 valence electrons. The molecule has 0 radical (unpaired) electrons. The van der Waals surface area contributed by atoms with Crippen LogP contribution < -0.4 is 9.47 Å². The summed E-state index contributed by atoms with van der Waals surface area (Å²) in [4.78, 5) is 27.8. The summed E-state index contributed by atoms with van der Waals surface area (Å²) >= 11 is 0. The normalized spacial score (nSPS) is 12.0. The molecule has 1 aromatic heterocycles. The summed E-state index contributed by atoms with van der Waals surface area (Å²) in [6, 6.07) is 10.7. The lowest BCUT2D eigenvalue weighted by molar-refractivity contribution is -0.137.